The molecule has 0 unspecified atom stereocenters. The highest BCUT2D eigenvalue weighted by molar-refractivity contribution is 9.10. The van der Waals surface area contributed by atoms with Gasteiger partial charge in [-0.05, 0) is 71.3 Å². The molecule has 2 amide bonds. The first-order valence-electron chi connectivity index (χ1n) is 12.4. The average Bonchev–Trinajstić information content (AvgIpc) is 2.84. The van der Waals surface area contributed by atoms with Crippen molar-refractivity contribution in [3.05, 3.63) is 64.1 Å². The van der Waals surface area contributed by atoms with Gasteiger partial charge in [-0.25, -0.2) is 0 Å². The molecular formula is C28H37BrN2O3. The van der Waals surface area contributed by atoms with Crippen molar-refractivity contribution < 1.29 is 14.3 Å². The van der Waals surface area contributed by atoms with Crippen molar-refractivity contribution in [2.75, 3.05) is 13.2 Å². The summed E-state index contributed by atoms with van der Waals surface area (Å²) in [7, 11) is 0. The molecular weight excluding hydrogens is 492 g/mol. The van der Waals surface area contributed by atoms with Gasteiger partial charge in [-0.3, -0.25) is 9.59 Å². The van der Waals surface area contributed by atoms with E-state index in [1.807, 2.05) is 55.5 Å². The van der Waals surface area contributed by atoms with Gasteiger partial charge in [0.05, 0.1) is 4.47 Å². The highest BCUT2D eigenvalue weighted by Crippen LogP contribution is 2.29. The smallest absolute Gasteiger partial charge is 0.261 e. The Morgan fingerprint density at radius 2 is 1.76 bits per heavy atom. The molecule has 0 bridgehead atoms. The maximum absolute atomic E-state index is 13.3. The van der Waals surface area contributed by atoms with Crippen LogP contribution >= 0.6 is 15.9 Å². The Morgan fingerprint density at radius 1 is 1.06 bits per heavy atom. The van der Waals surface area contributed by atoms with Crippen LogP contribution in [0.3, 0.4) is 0 Å². The van der Waals surface area contributed by atoms with E-state index >= 15 is 0 Å². The lowest BCUT2D eigenvalue weighted by atomic mass is 9.95. The van der Waals surface area contributed by atoms with Gasteiger partial charge in [-0.2, -0.15) is 0 Å². The highest BCUT2D eigenvalue weighted by Gasteiger charge is 2.28. The second kappa shape index (κ2) is 12.9. The number of carbonyl (C=O) groups excluding carboxylic acids is 2. The lowest BCUT2D eigenvalue weighted by molar-refractivity contribution is -0.141. The topological polar surface area (TPSA) is 58.6 Å². The summed E-state index contributed by atoms with van der Waals surface area (Å²) in [5.74, 6) is 0.752. The fraction of sp³-hybridized carbons (Fsp3) is 0.500. The minimum absolute atomic E-state index is 0.0872. The Hall–Kier alpha value is -2.34. The van der Waals surface area contributed by atoms with Crippen LogP contribution in [0.5, 0.6) is 5.75 Å². The van der Waals surface area contributed by atoms with Gasteiger partial charge in [0.1, 0.15) is 11.8 Å². The number of halogens is 1. The van der Waals surface area contributed by atoms with Crippen LogP contribution in [0.4, 0.5) is 0 Å². The zero-order valence-electron chi connectivity index (χ0n) is 20.6. The molecule has 1 saturated carbocycles. The van der Waals surface area contributed by atoms with E-state index in [1.165, 1.54) is 12.0 Å². The molecule has 0 radical (unpaired) electrons. The van der Waals surface area contributed by atoms with Crippen molar-refractivity contribution in [2.45, 2.75) is 77.3 Å². The summed E-state index contributed by atoms with van der Waals surface area (Å²) in [5, 5.41) is 3.17. The second-order valence-electron chi connectivity index (χ2n) is 9.48. The number of benzene rings is 2. The van der Waals surface area contributed by atoms with Gasteiger partial charge >= 0.3 is 0 Å². The van der Waals surface area contributed by atoms with Gasteiger partial charge in [-0.1, -0.05) is 69.5 Å². The summed E-state index contributed by atoms with van der Waals surface area (Å²) in [4.78, 5) is 28.0. The Balaban J connectivity index is 1.67. The van der Waals surface area contributed by atoms with Crippen molar-refractivity contribution in [3.8, 4) is 5.75 Å². The van der Waals surface area contributed by atoms with Crippen molar-refractivity contribution in [2.24, 2.45) is 0 Å². The minimum atomic E-state index is -0.562. The van der Waals surface area contributed by atoms with E-state index < -0.39 is 6.04 Å². The monoisotopic (exact) mass is 528 g/mol. The Kier molecular flexibility index (Phi) is 10.00. The van der Waals surface area contributed by atoms with E-state index in [0.717, 1.165) is 35.7 Å². The maximum atomic E-state index is 13.3. The third-order valence-corrected chi connectivity index (χ3v) is 7.20. The summed E-state index contributed by atoms with van der Waals surface area (Å²) in [6.07, 6.45) is 6.23. The molecule has 6 heteroatoms. The van der Waals surface area contributed by atoms with Gasteiger partial charge in [0, 0.05) is 12.6 Å². The van der Waals surface area contributed by atoms with Gasteiger partial charge in [0.2, 0.25) is 5.91 Å². The molecule has 184 valence electrons. The van der Waals surface area contributed by atoms with Crippen LogP contribution in [0.1, 0.15) is 69.9 Å². The minimum Gasteiger partial charge on any atom is -0.483 e. The molecule has 2 aromatic carbocycles. The normalized spacial score (nSPS) is 15.1. The predicted octanol–water partition coefficient (Wildman–Crippen LogP) is 5.86. The lowest BCUT2D eigenvalue weighted by Crippen LogP contribution is -2.52. The zero-order valence-corrected chi connectivity index (χ0v) is 22.1. The number of nitrogens with zero attached hydrogens (tertiary/aromatic N) is 1. The molecule has 1 aliphatic carbocycles. The first-order valence-corrected chi connectivity index (χ1v) is 13.2. The van der Waals surface area contributed by atoms with Crippen LogP contribution in [0.25, 0.3) is 0 Å². The van der Waals surface area contributed by atoms with Gasteiger partial charge < -0.3 is 15.0 Å². The molecule has 1 N–H and O–H groups in total. The van der Waals surface area contributed by atoms with Crippen molar-refractivity contribution >= 4 is 27.7 Å². The van der Waals surface area contributed by atoms with E-state index in [0.29, 0.717) is 24.6 Å². The third kappa shape index (κ3) is 7.59. The molecule has 2 aromatic rings. The number of rotatable bonds is 10. The fourth-order valence-corrected chi connectivity index (χ4v) is 4.87. The number of nitrogens with one attached hydrogen (secondary N) is 1. The number of ether oxygens (including phenoxy) is 1. The van der Waals surface area contributed by atoms with E-state index in [-0.39, 0.29) is 24.5 Å². The lowest BCUT2D eigenvalue weighted by Gasteiger charge is -2.31. The molecule has 1 atom stereocenters. The first kappa shape index (κ1) is 26.3. The molecule has 3 rings (SSSR count). The van der Waals surface area contributed by atoms with Crippen LogP contribution in [0, 0.1) is 0 Å². The van der Waals surface area contributed by atoms with Crippen LogP contribution in [0.15, 0.2) is 53.0 Å². The number of hydrogen-bond donors (Lipinski definition) is 1. The van der Waals surface area contributed by atoms with Crippen molar-refractivity contribution in [1.29, 1.82) is 0 Å². The molecule has 5 nitrogen and oxygen atoms in total. The zero-order chi connectivity index (χ0) is 24.5. The standard InChI is InChI=1S/C28H37BrN2O3/c1-20(2)23-14-15-26(25(29)18-23)34-19-27(32)31(17-16-22-10-6-4-7-11-22)21(3)28(33)30-24-12-8-5-9-13-24/h4,6-7,10-11,14-15,18,20-21,24H,5,8-9,12-13,16-17,19H2,1-3H3,(H,30,33)/t21-/m0/s1. The average molecular weight is 530 g/mol. The van der Waals surface area contributed by atoms with Crippen LogP contribution in [0.2, 0.25) is 0 Å². The van der Waals surface area contributed by atoms with Gasteiger partial charge in [-0.15, -0.1) is 0 Å². The molecule has 0 aromatic heterocycles. The molecule has 0 aliphatic heterocycles. The molecule has 0 heterocycles. The summed E-state index contributed by atoms with van der Waals surface area (Å²) < 4.78 is 6.70. The number of amides is 2. The first-order chi connectivity index (χ1) is 16.3. The molecule has 0 spiro atoms. The Labute approximate surface area is 212 Å². The summed E-state index contributed by atoms with van der Waals surface area (Å²) >= 11 is 3.56. The van der Waals surface area contributed by atoms with Crippen LogP contribution < -0.4 is 10.1 Å². The second-order valence-corrected chi connectivity index (χ2v) is 10.3. The highest BCUT2D eigenvalue weighted by atomic mass is 79.9. The predicted molar refractivity (Wildman–Crippen MR) is 140 cm³/mol. The van der Waals surface area contributed by atoms with Gasteiger partial charge in [0.15, 0.2) is 6.61 Å². The quantitative estimate of drug-likeness (QED) is 0.420. The summed E-state index contributed by atoms with van der Waals surface area (Å²) in [6.45, 7) is 6.43. The Morgan fingerprint density at radius 3 is 2.41 bits per heavy atom. The number of hydrogen-bond acceptors (Lipinski definition) is 3. The van der Waals surface area contributed by atoms with Crippen LogP contribution in [-0.2, 0) is 16.0 Å². The third-order valence-electron chi connectivity index (χ3n) is 6.58. The molecule has 34 heavy (non-hydrogen) atoms. The molecule has 0 saturated heterocycles. The van der Waals surface area contributed by atoms with Crippen molar-refractivity contribution in [3.63, 3.8) is 0 Å². The van der Waals surface area contributed by atoms with Crippen molar-refractivity contribution in [1.82, 2.24) is 10.2 Å². The van der Waals surface area contributed by atoms with E-state index in [2.05, 4.69) is 35.1 Å². The summed E-state index contributed by atoms with van der Waals surface area (Å²) in [5.41, 5.74) is 2.33. The maximum Gasteiger partial charge on any atom is 0.261 e. The van der Waals surface area contributed by atoms with Crippen LogP contribution in [-0.4, -0.2) is 41.9 Å². The van der Waals surface area contributed by atoms with E-state index in [9.17, 15) is 9.59 Å². The van der Waals surface area contributed by atoms with E-state index in [1.54, 1.807) is 4.90 Å². The Bertz CT molecular complexity index is 942. The SMILES string of the molecule is CC(C)c1ccc(OCC(=O)N(CCc2ccccc2)[C@@H](C)C(=O)NC2CCCCC2)c(Br)c1. The summed E-state index contributed by atoms with van der Waals surface area (Å²) in [6, 6.07) is 15.6. The molecule has 1 aliphatic rings. The van der Waals surface area contributed by atoms with Gasteiger partial charge in [0.25, 0.3) is 5.91 Å². The molecule has 1 fully saturated rings. The largest absolute Gasteiger partial charge is 0.483 e. The fourth-order valence-electron chi connectivity index (χ4n) is 4.35. The number of carbonyl (C=O) groups is 2. The van der Waals surface area contributed by atoms with E-state index in [4.69, 9.17) is 4.74 Å².